The van der Waals surface area contributed by atoms with E-state index >= 15 is 0 Å². The fourth-order valence-electron chi connectivity index (χ4n) is 4.25. The zero-order valence-electron chi connectivity index (χ0n) is 20.8. The van der Waals surface area contributed by atoms with Gasteiger partial charge in [-0.05, 0) is 36.8 Å². The zero-order chi connectivity index (χ0) is 25.5. The van der Waals surface area contributed by atoms with Crippen molar-refractivity contribution >= 4 is 23.4 Å². The summed E-state index contributed by atoms with van der Waals surface area (Å²) in [6, 6.07) is 5.51. The third-order valence-electron chi connectivity index (χ3n) is 6.21. The SMILES string of the molecule is CCCCNC(=O)[C@H](C)C[C@H](O)[C@@H](N)CC(C)(C)CC(=O)N1c2ccccc2OCC1C(N)=O. The van der Waals surface area contributed by atoms with Crippen LogP contribution in [-0.4, -0.2) is 54.2 Å². The molecule has 9 nitrogen and oxygen atoms in total. The number of carbonyl (C=O) groups is 3. The second-order valence-corrected chi connectivity index (χ2v) is 10.0. The molecule has 0 fully saturated rings. The van der Waals surface area contributed by atoms with Gasteiger partial charge < -0.3 is 26.6 Å². The summed E-state index contributed by atoms with van der Waals surface area (Å²) in [7, 11) is 0. The van der Waals surface area contributed by atoms with E-state index in [0.717, 1.165) is 12.8 Å². The molecule has 1 aromatic carbocycles. The highest BCUT2D eigenvalue weighted by Crippen LogP contribution is 2.36. The summed E-state index contributed by atoms with van der Waals surface area (Å²) in [5.74, 6) is -0.861. The molecule has 0 spiro atoms. The highest BCUT2D eigenvalue weighted by Gasteiger charge is 2.38. The minimum atomic E-state index is -0.899. The molecule has 0 saturated heterocycles. The van der Waals surface area contributed by atoms with Gasteiger partial charge in [0.15, 0.2) is 0 Å². The number of nitrogens with zero attached hydrogens (tertiary/aromatic N) is 1. The van der Waals surface area contributed by atoms with Gasteiger partial charge in [0.1, 0.15) is 18.4 Å². The van der Waals surface area contributed by atoms with Crippen molar-refractivity contribution in [2.45, 2.75) is 78.0 Å². The molecular formula is C25H40N4O5. The Morgan fingerprint density at radius 1 is 1.29 bits per heavy atom. The van der Waals surface area contributed by atoms with Crippen molar-refractivity contribution < 1.29 is 24.2 Å². The van der Waals surface area contributed by atoms with Gasteiger partial charge in [-0.3, -0.25) is 19.3 Å². The highest BCUT2D eigenvalue weighted by atomic mass is 16.5. The largest absolute Gasteiger partial charge is 0.489 e. The van der Waals surface area contributed by atoms with Crippen LogP contribution in [-0.2, 0) is 14.4 Å². The fraction of sp³-hybridized carbons (Fsp3) is 0.640. The van der Waals surface area contributed by atoms with Gasteiger partial charge in [-0.15, -0.1) is 0 Å². The number of hydrogen-bond donors (Lipinski definition) is 4. The molecule has 1 heterocycles. The normalized spacial score (nSPS) is 18.3. The summed E-state index contributed by atoms with van der Waals surface area (Å²) in [5.41, 5.74) is 11.8. The lowest BCUT2D eigenvalue weighted by atomic mass is 9.79. The number of nitrogens with one attached hydrogen (secondary N) is 1. The molecule has 0 aliphatic carbocycles. The number of para-hydroxylation sites is 2. The van der Waals surface area contributed by atoms with Crippen molar-refractivity contribution in [2.24, 2.45) is 22.8 Å². The minimum absolute atomic E-state index is 0.00501. The predicted octanol–water partition coefficient (Wildman–Crippen LogP) is 1.70. The van der Waals surface area contributed by atoms with E-state index in [1.807, 2.05) is 13.8 Å². The Morgan fingerprint density at radius 2 is 1.97 bits per heavy atom. The van der Waals surface area contributed by atoms with Gasteiger partial charge in [0.05, 0.1) is 11.8 Å². The van der Waals surface area contributed by atoms with Gasteiger partial charge in [-0.25, -0.2) is 0 Å². The molecule has 1 aromatic rings. The number of unbranched alkanes of at least 4 members (excludes halogenated alkanes) is 1. The van der Waals surface area contributed by atoms with E-state index in [1.165, 1.54) is 4.90 Å². The number of hydrogen-bond acceptors (Lipinski definition) is 6. The number of rotatable bonds is 12. The first-order chi connectivity index (χ1) is 16.0. The third-order valence-corrected chi connectivity index (χ3v) is 6.21. The lowest BCUT2D eigenvalue weighted by molar-refractivity contribution is -0.127. The van der Waals surface area contributed by atoms with E-state index in [9.17, 15) is 19.5 Å². The van der Waals surface area contributed by atoms with E-state index < -0.39 is 29.5 Å². The topological polar surface area (TPSA) is 148 Å². The lowest BCUT2D eigenvalue weighted by Crippen LogP contribution is -2.54. The average Bonchev–Trinajstić information content (AvgIpc) is 2.77. The average molecular weight is 477 g/mol. The lowest BCUT2D eigenvalue weighted by Gasteiger charge is -2.38. The van der Waals surface area contributed by atoms with Crippen molar-refractivity contribution in [3.8, 4) is 5.75 Å². The smallest absolute Gasteiger partial charge is 0.244 e. The number of ether oxygens (including phenoxy) is 1. The Balaban J connectivity index is 2.01. The number of primary amides is 1. The van der Waals surface area contributed by atoms with Crippen LogP contribution in [0.1, 0.15) is 59.8 Å². The molecule has 1 aliphatic rings. The van der Waals surface area contributed by atoms with Crippen molar-refractivity contribution in [2.75, 3.05) is 18.1 Å². The molecule has 0 bridgehead atoms. The monoisotopic (exact) mass is 476 g/mol. The maximum absolute atomic E-state index is 13.3. The summed E-state index contributed by atoms with van der Waals surface area (Å²) in [5, 5.41) is 13.5. The highest BCUT2D eigenvalue weighted by molar-refractivity contribution is 6.02. The molecule has 1 unspecified atom stereocenters. The van der Waals surface area contributed by atoms with Crippen LogP contribution in [0, 0.1) is 11.3 Å². The summed E-state index contributed by atoms with van der Waals surface area (Å²) < 4.78 is 5.61. The van der Waals surface area contributed by atoms with Crippen LogP contribution in [0.2, 0.25) is 0 Å². The number of aliphatic hydroxyl groups is 1. The van der Waals surface area contributed by atoms with Gasteiger partial charge in [0.2, 0.25) is 17.7 Å². The first-order valence-electron chi connectivity index (χ1n) is 12.0. The Labute approximate surface area is 202 Å². The standard InChI is InChI=1S/C25H40N4O5/c1-5-6-11-28-24(33)16(2)12-20(30)17(26)13-25(3,4)14-22(31)29-18-9-7-8-10-21(18)34-15-19(29)23(27)32/h7-10,16-17,19-20,30H,5-6,11-15,26H2,1-4H3,(H2,27,32)(H,28,33)/t16-,17+,19?,20+/m1/s1. The Bertz CT molecular complexity index is 859. The number of carbonyl (C=O) groups excluding carboxylic acids is 3. The summed E-state index contributed by atoms with van der Waals surface area (Å²) in [6.45, 7) is 8.22. The summed E-state index contributed by atoms with van der Waals surface area (Å²) >= 11 is 0. The number of amides is 3. The number of fused-ring (bicyclic) bond motifs is 1. The Hall–Kier alpha value is -2.65. The van der Waals surface area contributed by atoms with Gasteiger partial charge in [0.25, 0.3) is 0 Å². The Kier molecular flexibility index (Phi) is 9.88. The van der Waals surface area contributed by atoms with Crippen molar-refractivity contribution in [1.29, 1.82) is 0 Å². The fourth-order valence-corrected chi connectivity index (χ4v) is 4.25. The van der Waals surface area contributed by atoms with Crippen molar-refractivity contribution in [3.63, 3.8) is 0 Å². The molecule has 3 amide bonds. The summed E-state index contributed by atoms with van der Waals surface area (Å²) in [4.78, 5) is 39.0. The predicted molar refractivity (Wildman–Crippen MR) is 131 cm³/mol. The number of benzene rings is 1. The third kappa shape index (κ3) is 7.43. The molecule has 1 aliphatic heterocycles. The first-order valence-corrected chi connectivity index (χ1v) is 12.0. The van der Waals surface area contributed by atoms with Gasteiger partial charge in [0, 0.05) is 24.9 Å². The van der Waals surface area contributed by atoms with E-state index in [-0.39, 0.29) is 37.2 Å². The van der Waals surface area contributed by atoms with Crippen LogP contribution < -0.4 is 26.4 Å². The van der Waals surface area contributed by atoms with Crippen LogP contribution in [0.15, 0.2) is 24.3 Å². The molecule has 0 saturated carbocycles. The molecule has 2 rings (SSSR count). The number of aliphatic hydroxyl groups excluding tert-OH is 1. The molecule has 0 radical (unpaired) electrons. The molecule has 34 heavy (non-hydrogen) atoms. The van der Waals surface area contributed by atoms with Crippen LogP contribution in [0.4, 0.5) is 5.69 Å². The number of anilines is 1. The van der Waals surface area contributed by atoms with Gasteiger partial charge >= 0.3 is 0 Å². The van der Waals surface area contributed by atoms with Crippen LogP contribution in [0.5, 0.6) is 5.75 Å². The first kappa shape index (κ1) is 27.6. The molecule has 6 N–H and O–H groups in total. The van der Waals surface area contributed by atoms with Crippen molar-refractivity contribution in [3.05, 3.63) is 24.3 Å². The molecule has 0 aromatic heterocycles. The maximum Gasteiger partial charge on any atom is 0.244 e. The van der Waals surface area contributed by atoms with E-state index in [2.05, 4.69) is 12.2 Å². The molecule has 4 atom stereocenters. The second kappa shape index (κ2) is 12.2. The van der Waals surface area contributed by atoms with Crippen LogP contribution >= 0.6 is 0 Å². The Morgan fingerprint density at radius 3 is 2.62 bits per heavy atom. The minimum Gasteiger partial charge on any atom is -0.489 e. The van der Waals surface area contributed by atoms with Crippen LogP contribution in [0.3, 0.4) is 0 Å². The van der Waals surface area contributed by atoms with Gasteiger partial charge in [-0.1, -0.05) is 46.2 Å². The van der Waals surface area contributed by atoms with Crippen molar-refractivity contribution in [1.82, 2.24) is 5.32 Å². The maximum atomic E-state index is 13.3. The number of nitrogens with two attached hydrogens (primary N) is 2. The van der Waals surface area contributed by atoms with E-state index in [4.69, 9.17) is 16.2 Å². The molecule has 9 heteroatoms. The quantitative estimate of drug-likeness (QED) is 0.338. The molecular weight excluding hydrogens is 436 g/mol. The molecule has 190 valence electrons. The van der Waals surface area contributed by atoms with Crippen LogP contribution in [0.25, 0.3) is 0 Å². The van der Waals surface area contributed by atoms with Gasteiger partial charge in [-0.2, -0.15) is 0 Å². The van der Waals surface area contributed by atoms with E-state index in [1.54, 1.807) is 31.2 Å². The summed E-state index contributed by atoms with van der Waals surface area (Å²) in [6.07, 6.45) is 1.71. The zero-order valence-corrected chi connectivity index (χ0v) is 20.8. The van der Waals surface area contributed by atoms with E-state index in [0.29, 0.717) is 24.4 Å². The second-order valence-electron chi connectivity index (χ2n) is 10.0.